The number of nitrogens with one attached hydrogen (secondary N) is 2. The summed E-state index contributed by atoms with van der Waals surface area (Å²) in [6.45, 7) is 0. The molecule has 0 spiro atoms. The number of imidazole rings is 2. The summed E-state index contributed by atoms with van der Waals surface area (Å²) in [5, 5.41) is 0. The molecule has 5 nitrogen and oxygen atoms in total. The second-order valence-electron chi connectivity index (χ2n) is 5.29. The van der Waals surface area contributed by atoms with Gasteiger partial charge in [0.15, 0.2) is 0 Å². The van der Waals surface area contributed by atoms with Crippen molar-refractivity contribution in [2.75, 3.05) is 0 Å². The van der Waals surface area contributed by atoms with Crippen LogP contribution in [0, 0.1) is 0 Å². The van der Waals surface area contributed by atoms with Gasteiger partial charge in [0.25, 0.3) is 0 Å². The molecule has 0 atom stereocenters. The van der Waals surface area contributed by atoms with Gasteiger partial charge < -0.3 is 9.97 Å². The number of halogens is 3. The van der Waals surface area contributed by atoms with Crippen LogP contribution in [0.1, 0.15) is 16.2 Å². The molecule has 0 bridgehead atoms. The van der Waals surface area contributed by atoms with Crippen LogP contribution in [-0.4, -0.2) is 26.2 Å². The smallest absolute Gasteiger partial charge is 0.338 e. The van der Waals surface area contributed by atoms with Crippen molar-refractivity contribution in [2.24, 2.45) is 0 Å². The summed E-state index contributed by atoms with van der Waals surface area (Å²) in [5.74, 6) is -0.534. The van der Waals surface area contributed by atoms with Gasteiger partial charge in [-0.15, -0.1) is 0 Å². The third kappa shape index (κ3) is 2.32. The number of fused-ring (bicyclic) bond motifs is 2. The highest BCUT2D eigenvalue weighted by atomic mass is 19.4. The lowest BCUT2D eigenvalue weighted by atomic mass is 10.2. The molecule has 2 heterocycles. The molecule has 0 aliphatic carbocycles. The van der Waals surface area contributed by atoms with Gasteiger partial charge in [-0.25, -0.2) is 9.97 Å². The van der Waals surface area contributed by atoms with Gasteiger partial charge in [-0.05, 0) is 36.4 Å². The van der Waals surface area contributed by atoms with E-state index in [1.54, 1.807) is 30.3 Å². The molecule has 8 heteroatoms. The van der Waals surface area contributed by atoms with E-state index in [2.05, 4.69) is 19.9 Å². The Morgan fingerprint density at radius 3 is 2.38 bits per heavy atom. The zero-order chi connectivity index (χ0) is 16.9. The normalized spacial score (nSPS) is 12.1. The van der Waals surface area contributed by atoms with Crippen LogP contribution in [0.25, 0.3) is 33.5 Å². The maximum absolute atomic E-state index is 12.7. The Morgan fingerprint density at radius 2 is 1.62 bits per heavy atom. The molecular weight excluding hydrogens is 321 g/mol. The highest BCUT2D eigenvalue weighted by Crippen LogP contribution is 2.30. The average molecular weight is 330 g/mol. The fourth-order valence-electron chi connectivity index (χ4n) is 2.53. The molecule has 2 N–H and O–H groups in total. The third-order valence-electron chi connectivity index (χ3n) is 3.67. The van der Waals surface area contributed by atoms with E-state index < -0.39 is 12.0 Å². The van der Waals surface area contributed by atoms with Gasteiger partial charge in [0.05, 0.1) is 22.1 Å². The number of nitrogens with zero attached hydrogens (tertiary/aromatic N) is 2. The molecule has 0 saturated heterocycles. The monoisotopic (exact) mass is 330 g/mol. The molecule has 0 saturated carbocycles. The van der Waals surface area contributed by atoms with E-state index in [-0.39, 0.29) is 11.0 Å². The van der Waals surface area contributed by atoms with Crippen molar-refractivity contribution in [2.45, 2.75) is 6.18 Å². The van der Waals surface area contributed by atoms with E-state index in [0.29, 0.717) is 28.0 Å². The average Bonchev–Trinajstić information content (AvgIpc) is 3.16. The Bertz CT molecular complexity index is 1080. The lowest BCUT2D eigenvalue weighted by molar-refractivity contribution is -0.144. The van der Waals surface area contributed by atoms with Crippen LogP contribution in [0.2, 0.25) is 0 Å². The second kappa shape index (κ2) is 4.92. The molecule has 0 aliphatic heterocycles. The van der Waals surface area contributed by atoms with Crippen molar-refractivity contribution in [3.63, 3.8) is 0 Å². The second-order valence-corrected chi connectivity index (χ2v) is 5.29. The summed E-state index contributed by atoms with van der Waals surface area (Å²) in [5.41, 5.74) is 2.96. The Labute approximate surface area is 132 Å². The first-order valence-corrected chi connectivity index (χ1v) is 6.96. The first-order chi connectivity index (χ1) is 11.4. The number of aromatic nitrogens is 4. The van der Waals surface area contributed by atoms with E-state index in [0.717, 1.165) is 6.29 Å². The summed E-state index contributed by atoms with van der Waals surface area (Å²) < 4.78 is 38.2. The maximum Gasteiger partial charge on any atom is 0.449 e. The van der Waals surface area contributed by atoms with Crippen LogP contribution in [0.5, 0.6) is 0 Å². The van der Waals surface area contributed by atoms with Crippen molar-refractivity contribution in [3.05, 3.63) is 47.8 Å². The molecule has 4 rings (SSSR count). The molecule has 2 aromatic carbocycles. The quantitative estimate of drug-likeness (QED) is 0.547. The standard InChI is InChI=1S/C16H9F3N4O/c17-16(18,19)15-22-11-4-2-9(6-13(11)23-15)14-20-10-3-1-8(7-24)5-12(10)21-14/h1-7H,(H,20,21)(H,22,23). The van der Waals surface area contributed by atoms with E-state index in [1.165, 1.54) is 6.07 Å². The van der Waals surface area contributed by atoms with Crippen molar-refractivity contribution in [3.8, 4) is 11.4 Å². The highest BCUT2D eigenvalue weighted by molar-refractivity contribution is 5.87. The predicted octanol–water partition coefficient (Wildman–Crippen LogP) is 3.94. The summed E-state index contributed by atoms with van der Waals surface area (Å²) in [6, 6.07) is 9.70. The van der Waals surface area contributed by atoms with Gasteiger partial charge in [-0.2, -0.15) is 13.2 Å². The molecule has 0 aliphatic rings. The number of hydrogen-bond donors (Lipinski definition) is 2. The number of carbonyl (C=O) groups is 1. The largest absolute Gasteiger partial charge is 0.449 e. The van der Waals surface area contributed by atoms with Crippen LogP contribution in [0.15, 0.2) is 36.4 Å². The number of carbonyl (C=O) groups excluding carboxylic acids is 1. The number of rotatable bonds is 2. The first kappa shape index (κ1) is 14.4. The third-order valence-corrected chi connectivity index (χ3v) is 3.67. The highest BCUT2D eigenvalue weighted by Gasteiger charge is 2.34. The van der Waals surface area contributed by atoms with Crippen molar-refractivity contribution in [1.29, 1.82) is 0 Å². The first-order valence-electron chi connectivity index (χ1n) is 6.96. The number of benzene rings is 2. The van der Waals surface area contributed by atoms with Crippen molar-refractivity contribution < 1.29 is 18.0 Å². The molecule has 0 unspecified atom stereocenters. The molecule has 0 amide bonds. The van der Waals surface area contributed by atoms with Crippen LogP contribution in [-0.2, 0) is 6.18 Å². The maximum atomic E-state index is 12.7. The summed E-state index contributed by atoms with van der Waals surface area (Å²) in [6.07, 6.45) is -3.79. The zero-order valence-corrected chi connectivity index (χ0v) is 12.0. The van der Waals surface area contributed by atoms with Gasteiger partial charge in [0.2, 0.25) is 5.82 Å². The van der Waals surface area contributed by atoms with Crippen LogP contribution in [0.4, 0.5) is 13.2 Å². The Balaban J connectivity index is 1.82. The van der Waals surface area contributed by atoms with E-state index in [4.69, 9.17) is 0 Å². The minimum absolute atomic E-state index is 0.227. The van der Waals surface area contributed by atoms with Gasteiger partial charge in [0.1, 0.15) is 12.1 Å². The van der Waals surface area contributed by atoms with Gasteiger partial charge in [-0.3, -0.25) is 4.79 Å². The molecule has 120 valence electrons. The topological polar surface area (TPSA) is 74.4 Å². The van der Waals surface area contributed by atoms with Gasteiger partial charge >= 0.3 is 6.18 Å². The number of hydrogen-bond acceptors (Lipinski definition) is 3. The fourth-order valence-corrected chi connectivity index (χ4v) is 2.53. The lowest BCUT2D eigenvalue weighted by Crippen LogP contribution is -2.06. The predicted molar refractivity (Wildman–Crippen MR) is 81.6 cm³/mol. The van der Waals surface area contributed by atoms with Crippen LogP contribution >= 0.6 is 0 Å². The van der Waals surface area contributed by atoms with Crippen molar-refractivity contribution in [1.82, 2.24) is 19.9 Å². The van der Waals surface area contributed by atoms with E-state index in [1.807, 2.05) is 0 Å². The summed E-state index contributed by atoms with van der Waals surface area (Å²) in [7, 11) is 0. The molecule has 0 fully saturated rings. The molecule has 0 radical (unpaired) electrons. The number of alkyl halides is 3. The summed E-state index contributed by atoms with van der Waals surface area (Å²) >= 11 is 0. The minimum Gasteiger partial charge on any atom is -0.338 e. The molecule has 4 aromatic rings. The number of aldehydes is 1. The summed E-state index contributed by atoms with van der Waals surface area (Å²) in [4.78, 5) is 24.1. The van der Waals surface area contributed by atoms with E-state index in [9.17, 15) is 18.0 Å². The van der Waals surface area contributed by atoms with Crippen LogP contribution in [0.3, 0.4) is 0 Å². The Kier molecular flexibility index (Phi) is 2.96. The van der Waals surface area contributed by atoms with Gasteiger partial charge in [-0.1, -0.05) is 0 Å². The number of H-pyrrole nitrogens is 2. The van der Waals surface area contributed by atoms with E-state index >= 15 is 0 Å². The lowest BCUT2D eigenvalue weighted by Gasteiger charge is -1.99. The SMILES string of the molecule is O=Cc1ccc2nc(-c3ccc4nc(C(F)(F)F)[nH]c4c3)[nH]c2c1. The van der Waals surface area contributed by atoms with Gasteiger partial charge in [0, 0.05) is 11.1 Å². The van der Waals surface area contributed by atoms with Crippen molar-refractivity contribution >= 4 is 28.4 Å². The Morgan fingerprint density at radius 1 is 0.917 bits per heavy atom. The van der Waals surface area contributed by atoms with Crippen LogP contribution < -0.4 is 0 Å². The zero-order valence-electron chi connectivity index (χ0n) is 12.0. The molecule has 2 aromatic heterocycles. The fraction of sp³-hybridized carbons (Fsp3) is 0.0625. The Hall–Kier alpha value is -3.16. The minimum atomic E-state index is -4.52. The molecule has 24 heavy (non-hydrogen) atoms. The number of aromatic amines is 2. The molecular formula is C16H9F3N4O.